The van der Waals surface area contributed by atoms with E-state index in [1.54, 1.807) is 0 Å². The molecule has 19 heavy (non-hydrogen) atoms. The van der Waals surface area contributed by atoms with Crippen molar-refractivity contribution in [1.29, 1.82) is 5.26 Å². The molecule has 2 rings (SSSR count). The second-order valence-electron chi connectivity index (χ2n) is 5.39. The lowest BCUT2D eigenvalue weighted by Crippen LogP contribution is -2.52. The number of nitrogens with zero attached hydrogens (tertiary/aromatic N) is 1. The van der Waals surface area contributed by atoms with Crippen molar-refractivity contribution in [2.24, 2.45) is 0 Å². The normalized spacial score (nSPS) is 16.5. The SMILES string of the molecule is Cc1cc(CCCC(=O)NC2(C#N)CCC2)c(C)s1. The van der Waals surface area contributed by atoms with Gasteiger partial charge in [-0.05, 0) is 57.6 Å². The summed E-state index contributed by atoms with van der Waals surface area (Å²) in [6.07, 6.45) is 4.96. The summed E-state index contributed by atoms with van der Waals surface area (Å²) in [4.78, 5) is 14.5. The molecule has 1 aromatic heterocycles. The number of nitrogens with one attached hydrogen (secondary N) is 1. The quantitative estimate of drug-likeness (QED) is 0.897. The van der Waals surface area contributed by atoms with Crippen molar-refractivity contribution in [3.63, 3.8) is 0 Å². The van der Waals surface area contributed by atoms with Gasteiger partial charge >= 0.3 is 0 Å². The van der Waals surface area contributed by atoms with Crippen LogP contribution >= 0.6 is 11.3 Å². The van der Waals surface area contributed by atoms with Gasteiger partial charge in [0.15, 0.2) is 0 Å². The second kappa shape index (κ2) is 5.75. The molecule has 1 aromatic rings. The first-order valence-corrected chi connectivity index (χ1v) is 7.64. The minimum atomic E-state index is -0.550. The van der Waals surface area contributed by atoms with Crippen LogP contribution in [0, 0.1) is 25.2 Å². The van der Waals surface area contributed by atoms with Gasteiger partial charge in [0.1, 0.15) is 5.54 Å². The minimum Gasteiger partial charge on any atom is -0.338 e. The van der Waals surface area contributed by atoms with E-state index in [9.17, 15) is 4.79 Å². The zero-order valence-corrected chi connectivity index (χ0v) is 12.4. The predicted octanol–water partition coefficient (Wildman–Crippen LogP) is 3.25. The van der Waals surface area contributed by atoms with Gasteiger partial charge in [0.2, 0.25) is 5.91 Å². The van der Waals surface area contributed by atoms with Crippen LogP contribution in [0.15, 0.2) is 6.07 Å². The Balaban J connectivity index is 1.75. The highest BCUT2D eigenvalue weighted by Gasteiger charge is 2.38. The van der Waals surface area contributed by atoms with Crippen LogP contribution in [0.1, 0.15) is 47.4 Å². The third-order valence-electron chi connectivity index (χ3n) is 3.79. The first-order valence-electron chi connectivity index (χ1n) is 6.83. The van der Waals surface area contributed by atoms with Gasteiger partial charge in [-0.25, -0.2) is 0 Å². The van der Waals surface area contributed by atoms with E-state index in [1.165, 1.54) is 15.3 Å². The lowest BCUT2D eigenvalue weighted by atomic mass is 9.78. The summed E-state index contributed by atoms with van der Waals surface area (Å²) in [7, 11) is 0. The highest BCUT2D eigenvalue weighted by Crippen LogP contribution is 2.31. The van der Waals surface area contributed by atoms with E-state index < -0.39 is 5.54 Å². The molecule has 102 valence electrons. The molecule has 0 radical (unpaired) electrons. The molecular formula is C15H20N2OS. The van der Waals surface area contributed by atoms with Crippen molar-refractivity contribution >= 4 is 17.2 Å². The van der Waals surface area contributed by atoms with Crippen LogP contribution in [0.25, 0.3) is 0 Å². The van der Waals surface area contributed by atoms with Gasteiger partial charge in [-0.1, -0.05) is 0 Å². The zero-order chi connectivity index (χ0) is 13.9. The van der Waals surface area contributed by atoms with Crippen molar-refractivity contribution in [3.8, 4) is 6.07 Å². The van der Waals surface area contributed by atoms with Gasteiger partial charge in [0.05, 0.1) is 6.07 Å². The molecule has 4 heteroatoms. The molecule has 0 bridgehead atoms. The number of hydrogen-bond acceptors (Lipinski definition) is 3. The average Bonchev–Trinajstić information content (AvgIpc) is 2.63. The molecule has 1 amide bonds. The molecule has 1 fully saturated rings. The largest absolute Gasteiger partial charge is 0.338 e. The van der Waals surface area contributed by atoms with Crippen LogP contribution in [-0.4, -0.2) is 11.4 Å². The van der Waals surface area contributed by atoms with Crippen molar-refractivity contribution < 1.29 is 4.79 Å². The Morgan fingerprint density at radius 2 is 2.26 bits per heavy atom. The maximum atomic E-state index is 11.8. The molecule has 0 saturated heterocycles. The van der Waals surface area contributed by atoms with Crippen LogP contribution in [0.2, 0.25) is 0 Å². The van der Waals surface area contributed by atoms with Crippen LogP contribution < -0.4 is 5.32 Å². The van der Waals surface area contributed by atoms with Crippen molar-refractivity contribution in [2.75, 3.05) is 0 Å². The van der Waals surface area contributed by atoms with Gasteiger partial charge < -0.3 is 5.32 Å². The first-order chi connectivity index (χ1) is 9.04. The summed E-state index contributed by atoms with van der Waals surface area (Å²) < 4.78 is 0. The molecular weight excluding hydrogens is 256 g/mol. The smallest absolute Gasteiger partial charge is 0.221 e. The Morgan fingerprint density at radius 1 is 1.53 bits per heavy atom. The molecule has 0 aromatic carbocycles. The number of amides is 1. The maximum Gasteiger partial charge on any atom is 0.221 e. The third-order valence-corrected chi connectivity index (χ3v) is 4.80. The Labute approximate surface area is 118 Å². The van der Waals surface area contributed by atoms with Gasteiger partial charge in [-0.15, -0.1) is 11.3 Å². The van der Waals surface area contributed by atoms with E-state index >= 15 is 0 Å². The van der Waals surface area contributed by atoms with Crippen LogP contribution in [0.4, 0.5) is 0 Å². The Bertz CT molecular complexity index is 509. The number of carbonyl (C=O) groups excluding carboxylic acids is 1. The molecule has 0 unspecified atom stereocenters. The van der Waals surface area contributed by atoms with E-state index in [1.807, 2.05) is 11.3 Å². The Morgan fingerprint density at radius 3 is 2.74 bits per heavy atom. The van der Waals surface area contributed by atoms with Crippen LogP contribution in [-0.2, 0) is 11.2 Å². The Kier molecular flexibility index (Phi) is 4.26. The number of rotatable bonds is 5. The zero-order valence-electron chi connectivity index (χ0n) is 11.6. The van der Waals surface area contributed by atoms with Gasteiger partial charge in [-0.3, -0.25) is 4.79 Å². The van der Waals surface area contributed by atoms with E-state index in [4.69, 9.17) is 5.26 Å². The highest BCUT2D eigenvalue weighted by atomic mass is 32.1. The monoisotopic (exact) mass is 276 g/mol. The molecule has 1 aliphatic carbocycles. The number of carbonyl (C=O) groups is 1. The second-order valence-corrected chi connectivity index (χ2v) is 6.85. The predicted molar refractivity (Wildman–Crippen MR) is 77.1 cm³/mol. The molecule has 0 spiro atoms. The van der Waals surface area contributed by atoms with E-state index in [-0.39, 0.29) is 5.91 Å². The fourth-order valence-electron chi connectivity index (χ4n) is 2.50. The van der Waals surface area contributed by atoms with Gasteiger partial charge in [-0.2, -0.15) is 5.26 Å². The fourth-order valence-corrected chi connectivity index (χ4v) is 3.47. The summed E-state index contributed by atoms with van der Waals surface area (Å²) in [6.45, 7) is 4.24. The minimum absolute atomic E-state index is 0.0193. The highest BCUT2D eigenvalue weighted by molar-refractivity contribution is 7.12. The lowest BCUT2D eigenvalue weighted by Gasteiger charge is -2.35. The van der Waals surface area contributed by atoms with Crippen molar-refractivity contribution in [2.45, 2.75) is 57.9 Å². The molecule has 1 N–H and O–H groups in total. The van der Waals surface area contributed by atoms with Crippen LogP contribution in [0.5, 0.6) is 0 Å². The lowest BCUT2D eigenvalue weighted by molar-refractivity contribution is -0.123. The summed E-state index contributed by atoms with van der Waals surface area (Å²) in [5, 5.41) is 12.0. The first kappa shape index (κ1) is 14.1. The summed E-state index contributed by atoms with van der Waals surface area (Å²) in [5.74, 6) is 0.0193. The van der Waals surface area contributed by atoms with E-state index in [0.717, 1.165) is 32.1 Å². The average molecular weight is 276 g/mol. The van der Waals surface area contributed by atoms with E-state index in [2.05, 4.69) is 31.3 Å². The molecule has 0 atom stereocenters. The standard InChI is InChI=1S/C15H20N2OS/c1-11-9-13(12(2)19-11)5-3-6-14(18)17-15(10-16)7-4-8-15/h9H,3-8H2,1-2H3,(H,17,18). The fraction of sp³-hybridized carbons (Fsp3) is 0.600. The molecule has 1 saturated carbocycles. The van der Waals surface area contributed by atoms with E-state index in [0.29, 0.717) is 6.42 Å². The van der Waals surface area contributed by atoms with Crippen molar-refractivity contribution in [1.82, 2.24) is 5.32 Å². The molecule has 3 nitrogen and oxygen atoms in total. The number of aryl methyl sites for hydroxylation is 3. The third kappa shape index (κ3) is 3.36. The molecule has 1 aliphatic rings. The topological polar surface area (TPSA) is 52.9 Å². The van der Waals surface area contributed by atoms with Crippen molar-refractivity contribution in [3.05, 3.63) is 21.4 Å². The summed E-state index contributed by atoms with van der Waals surface area (Å²) in [6, 6.07) is 4.45. The number of hydrogen-bond donors (Lipinski definition) is 1. The molecule has 0 aliphatic heterocycles. The van der Waals surface area contributed by atoms with Gasteiger partial charge in [0.25, 0.3) is 0 Å². The number of thiophene rings is 1. The Hall–Kier alpha value is -1.34. The number of nitriles is 1. The summed E-state index contributed by atoms with van der Waals surface area (Å²) in [5.41, 5.74) is 0.806. The molecule has 1 heterocycles. The summed E-state index contributed by atoms with van der Waals surface area (Å²) >= 11 is 1.81. The van der Waals surface area contributed by atoms with Gasteiger partial charge in [0, 0.05) is 16.2 Å². The van der Waals surface area contributed by atoms with Crippen LogP contribution in [0.3, 0.4) is 0 Å². The maximum absolute atomic E-state index is 11.8.